The second kappa shape index (κ2) is 7.58. The van der Waals surface area contributed by atoms with E-state index in [9.17, 15) is 14.7 Å². The van der Waals surface area contributed by atoms with Crippen LogP contribution in [-0.4, -0.2) is 11.9 Å². The summed E-state index contributed by atoms with van der Waals surface area (Å²) < 4.78 is 0.789. The molecule has 0 saturated carbocycles. The van der Waals surface area contributed by atoms with Gasteiger partial charge in [-0.3, -0.25) is 4.79 Å². The Labute approximate surface area is 154 Å². The smallest absolute Gasteiger partial charge is 0.545 e. The van der Waals surface area contributed by atoms with Gasteiger partial charge in [-0.2, -0.15) is 0 Å². The number of carbonyl (C=O) groups excluding carboxylic acids is 2. The number of aliphatic carboxylic acids is 1. The fraction of sp³-hybridized carbons (Fsp3) is 0.333. The summed E-state index contributed by atoms with van der Waals surface area (Å²) in [6.45, 7) is 3.87. The van der Waals surface area contributed by atoms with Crippen LogP contribution in [0.5, 0.6) is 0 Å². The average Bonchev–Trinajstić information content (AvgIpc) is 2.82. The van der Waals surface area contributed by atoms with Crippen LogP contribution in [0, 0.1) is 13.8 Å². The third-order valence-electron chi connectivity index (χ3n) is 3.41. The zero-order valence-corrected chi connectivity index (χ0v) is 16.0. The summed E-state index contributed by atoms with van der Waals surface area (Å²) in [5.41, 5.74) is 3.15. The molecule has 2 rings (SSSR count). The van der Waals surface area contributed by atoms with E-state index in [0.29, 0.717) is 30.5 Å². The molecule has 0 aliphatic heterocycles. The molecule has 1 aliphatic rings. The normalized spacial score (nSPS) is 13.9. The topological polar surface area (TPSA) is 69.2 Å². The molecule has 0 fully saturated rings. The monoisotopic (exact) mass is 359 g/mol. The fourth-order valence-corrected chi connectivity index (χ4v) is 3.26. The van der Waals surface area contributed by atoms with Crippen LogP contribution >= 0.6 is 15.9 Å². The van der Waals surface area contributed by atoms with Crippen molar-refractivity contribution in [2.45, 2.75) is 33.1 Å². The number of aryl methyl sites for hydroxylation is 2. The van der Waals surface area contributed by atoms with Crippen molar-refractivity contribution in [1.82, 2.24) is 0 Å². The Balaban J connectivity index is 0.00000220. The summed E-state index contributed by atoms with van der Waals surface area (Å²) in [4.78, 5) is 23.2. The number of anilines is 1. The Hall–Kier alpha value is -0.620. The quantitative estimate of drug-likeness (QED) is 0.721. The number of carbonyl (C=O) groups is 2. The Bertz CT molecular complexity index is 602. The van der Waals surface area contributed by atoms with Gasteiger partial charge >= 0.3 is 29.6 Å². The molecule has 106 valence electrons. The van der Waals surface area contributed by atoms with Gasteiger partial charge in [0, 0.05) is 10.0 Å². The zero-order valence-electron chi connectivity index (χ0n) is 12.4. The van der Waals surface area contributed by atoms with Crippen LogP contribution in [0.15, 0.2) is 27.8 Å². The molecule has 1 aromatic rings. The SMILES string of the molecule is Cc1cc(C)c(NC(=O)C2=C(C(=O)[O-])CCC2)c(Br)c1.[Na+]. The van der Waals surface area contributed by atoms with Crippen LogP contribution in [-0.2, 0) is 9.59 Å². The minimum absolute atomic E-state index is 0. The van der Waals surface area contributed by atoms with Gasteiger partial charge in [0.2, 0.25) is 0 Å². The molecule has 6 heteroatoms. The first-order valence-electron chi connectivity index (χ1n) is 6.41. The van der Waals surface area contributed by atoms with Crippen molar-refractivity contribution in [3.8, 4) is 0 Å². The molecule has 0 aromatic heterocycles. The van der Waals surface area contributed by atoms with E-state index in [0.717, 1.165) is 15.6 Å². The van der Waals surface area contributed by atoms with Crippen molar-refractivity contribution in [1.29, 1.82) is 0 Å². The molecule has 1 aliphatic carbocycles. The number of benzene rings is 1. The Kier molecular flexibility index (Phi) is 6.66. The van der Waals surface area contributed by atoms with Gasteiger partial charge in [0.25, 0.3) is 5.91 Å². The first-order valence-corrected chi connectivity index (χ1v) is 7.21. The van der Waals surface area contributed by atoms with E-state index in [4.69, 9.17) is 0 Å². The molecule has 1 amide bonds. The van der Waals surface area contributed by atoms with Gasteiger partial charge < -0.3 is 15.2 Å². The van der Waals surface area contributed by atoms with Gasteiger partial charge in [0.1, 0.15) is 0 Å². The van der Waals surface area contributed by atoms with Gasteiger partial charge in [0.05, 0.1) is 11.7 Å². The number of halogens is 1. The molecule has 0 heterocycles. The molecule has 1 aromatic carbocycles. The van der Waals surface area contributed by atoms with E-state index >= 15 is 0 Å². The average molecular weight is 360 g/mol. The first kappa shape index (κ1) is 18.4. The van der Waals surface area contributed by atoms with E-state index in [1.165, 1.54) is 0 Å². The van der Waals surface area contributed by atoms with Gasteiger partial charge in [-0.1, -0.05) is 6.07 Å². The molecule has 0 saturated heterocycles. The van der Waals surface area contributed by atoms with Crippen LogP contribution in [0.1, 0.15) is 30.4 Å². The first-order chi connectivity index (χ1) is 9.40. The maximum atomic E-state index is 12.2. The maximum absolute atomic E-state index is 12.2. The van der Waals surface area contributed by atoms with Gasteiger partial charge in [-0.05, 0) is 71.8 Å². The minimum atomic E-state index is -1.24. The molecule has 0 unspecified atom stereocenters. The van der Waals surface area contributed by atoms with Gasteiger partial charge in [-0.15, -0.1) is 0 Å². The molecular formula is C15H15BrNNaO3. The molecule has 4 nitrogen and oxygen atoms in total. The van der Waals surface area contributed by atoms with Crippen molar-refractivity contribution < 1.29 is 44.3 Å². The predicted octanol–water partition coefficient (Wildman–Crippen LogP) is -0.761. The van der Waals surface area contributed by atoms with Crippen molar-refractivity contribution in [3.05, 3.63) is 38.9 Å². The van der Waals surface area contributed by atoms with Gasteiger partial charge in [-0.25, -0.2) is 0 Å². The van der Waals surface area contributed by atoms with Crippen LogP contribution in [0.2, 0.25) is 0 Å². The Morgan fingerprint density at radius 2 is 1.81 bits per heavy atom. The molecule has 0 bridgehead atoms. The van der Waals surface area contributed by atoms with E-state index in [1.807, 2.05) is 26.0 Å². The molecular weight excluding hydrogens is 345 g/mol. The second-order valence-corrected chi connectivity index (χ2v) is 5.85. The number of hydrogen-bond acceptors (Lipinski definition) is 3. The number of hydrogen-bond donors (Lipinski definition) is 1. The number of nitrogens with one attached hydrogen (secondary N) is 1. The summed E-state index contributed by atoms with van der Waals surface area (Å²) >= 11 is 3.42. The number of carboxylic acid groups (broad SMARTS) is 1. The van der Waals surface area contributed by atoms with E-state index in [2.05, 4.69) is 21.2 Å². The summed E-state index contributed by atoms with van der Waals surface area (Å²) in [5, 5.41) is 13.8. The van der Waals surface area contributed by atoms with E-state index < -0.39 is 5.97 Å². The second-order valence-electron chi connectivity index (χ2n) is 4.99. The summed E-state index contributed by atoms with van der Waals surface area (Å²) in [7, 11) is 0. The largest absolute Gasteiger partial charge is 1.00 e. The number of rotatable bonds is 3. The van der Waals surface area contributed by atoms with Crippen LogP contribution < -0.4 is 40.0 Å². The van der Waals surface area contributed by atoms with Gasteiger partial charge in [0.15, 0.2) is 0 Å². The molecule has 0 radical (unpaired) electrons. The zero-order chi connectivity index (χ0) is 14.9. The fourth-order valence-electron chi connectivity index (χ4n) is 2.48. The summed E-state index contributed by atoms with van der Waals surface area (Å²) in [6.07, 6.45) is 1.57. The van der Waals surface area contributed by atoms with Crippen LogP contribution in [0.4, 0.5) is 5.69 Å². The van der Waals surface area contributed by atoms with Crippen molar-refractivity contribution >= 4 is 33.5 Å². The Morgan fingerprint density at radius 3 is 2.38 bits per heavy atom. The van der Waals surface area contributed by atoms with E-state index in [-0.39, 0.29) is 41.0 Å². The number of amides is 1. The predicted molar refractivity (Wildman–Crippen MR) is 78.1 cm³/mol. The summed E-state index contributed by atoms with van der Waals surface area (Å²) in [5.74, 6) is -1.60. The number of carboxylic acids is 1. The molecule has 0 atom stereocenters. The maximum Gasteiger partial charge on any atom is 1.00 e. The van der Waals surface area contributed by atoms with E-state index in [1.54, 1.807) is 0 Å². The standard InChI is InChI=1S/C15H16BrNO3.Na/c1-8-6-9(2)13(12(16)7-8)17-14(18)10-4-3-5-11(10)15(19)20;/h6-7H,3-5H2,1-2H3,(H,17,18)(H,19,20);/q;+1/p-1. The van der Waals surface area contributed by atoms with Crippen molar-refractivity contribution in [2.24, 2.45) is 0 Å². The molecule has 1 N–H and O–H groups in total. The van der Waals surface area contributed by atoms with Crippen LogP contribution in [0.25, 0.3) is 0 Å². The molecule has 21 heavy (non-hydrogen) atoms. The summed E-state index contributed by atoms with van der Waals surface area (Å²) in [6, 6.07) is 3.87. The molecule has 0 spiro atoms. The minimum Gasteiger partial charge on any atom is -0.545 e. The third kappa shape index (κ3) is 4.19. The van der Waals surface area contributed by atoms with Crippen LogP contribution in [0.3, 0.4) is 0 Å². The Morgan fingerprint density at radius 1 is 1.19 bits per heavy atom. The van der Waals surface area contributed by atoms with Crippen molar-refractivity contribution in [3.63, 3.8) is 0 Å². The third-order valence-corrected chi connectivity index (χ3v) is 4.03. The van der Waals surface area contributed by atoms with Crippen molar-refractivity contribution in [2.75, 3.05) is 5.32 Å².